The van der Waals surface area contributed by atoms with Crippen LogP contribution in [-0.4, -0.2) is 77.4 Å². The molecular weight excluding hydrogens is 490 g/mol. The third kappa shape index (κ3) is 4.67. The van der Waals surface area contributed by atoms with E-state index in [0.29, 0.717) is 29.0 Å². The molecule has 3 aromatic rings. The molecule has 2 aliphatic heterocycles. The number of piperazine rings is 1. The lowest BCUT2D eigenvalue weighted by Crippen LogP contribution is -2.47. The minimum Gasteiger partial charge on any atom is -0.494 e. The first-order chi connectivity index (χ1) is 18.0. The summed E-state index contributed by atoms with van der Waals surface area (Å²) >= 11 is 6.76. The van der Waals surface area contributed by atoms with Crippen LogP contribution in [0.1, 0.15) is 25.3 Å². The van der Waals surface area contributed by atoms with Gasteiger partial charge in [0, 0.05) is 73.8 Å². The number of rotatable bonds is 7. The summed E-state index contributed by atoms with van der Waals surface area (Å²) in [6.07, 6.45) is 6.17. The van der Waals surface area contributed by atoms with Crippen molar-refractivity contribution in [2.45, 2.75) is 31.2 Å². The van der Waals surface area contributed by atoms with Gasteiger partial charge >= 0.3 is 0 Å². The van der Waals surface area contributed by atoms with E-state index in [9.17, 15) is 5.11 Å². The molecule has 1 atom stereocenters. The lowest BCUT2D eigenvalue weighted by Gasteiger charge is -2.36. The van der Waals surface area contributed by atoms with Crippen molar-refractivity contribution in [1.29, 1.82) is 0 Å². The number of pyridine rings is 1. The number of nitrogens with one attached hydrogen (secondary N) is 2. The Balaban J connectivity index is 1.23. The summed E-state index contributed by atoms with van der Waals surface area (Å²) in [7, 11) is 1.66. The van der Waals surface area contributed by atoms with Crippen molar-refractivity contribution >= 4 is 34.7 Å². The summed E-state index contributed by atoms with van der Waals surface area (Å²) in [4.78, 5) is 18.6. The Labute approximate surface area is 221 Å². The van der Waals surface area contributed by atoms with Gasteiger partial charge in [-0.15, -0.1) is 0 Å². The summed E-state index contributed by atoms with van der Waals surface area (Å²) in [6, 6.07) is 8.56. The van der Waals surface area contributed by atoms with Gasteiger partial charge in [-0.1, -0.05) is 18.5 Å². The van der Waals surface area contributed by atoms with Gasteiger partial charge in [0.25, 0.3) is 0 Å². The number of aliphatic hydroxyl groups excluding tert-OH is 1. The van der Waals surface area contributed by atoms with Crippen LogP contribution in [0.15, 0.2) is 36.7 Å². The van der Waals surface area contributed by atoms with Gasteiger partial charge in [-0.25, -0.2) is 15.0 Å². The molecule has 0 radical (unpaired) electrons. The predicted octanol–water partition coefficient (Wildman–Crippen LogP) is 3.90. The summed E-state index contributed by atoms with van der Waals surface area (Å²) in [5.74, 6) is 1.92. The van der Waals surface area contributed by atoms with Crippen molar-refractivity contribution in [3.8, 4) is 17.0 Å². The lowest BCUT2D eigenvalue weighted by atomic mass is 9.85. The number of fused-ring (bicyclic) bond motifs is 1. The molecule has 0 spiro atoms. The van der Waals surface area contributed by atoms with E-state index >= 15 is 0 Å². The van der Waals surface area contributed by atoms with E-state index in [2.05, 4.69) is 30.4 Å². The number of hydrogen-bond acceptors (Lipinski definition) is 9. The first kappa shape index (κ1) is 24.2. The van der Waals surface area contributed by atoms with Gasteiger partial charge in [0.05, 0.1) is 35.8 Å². The van der Waals surface area contributed by atoms with Crippen LogP contribution < -0.4 is 20.3 Å². The average molecular weight is 522 g/mol. The highest BCUT2D eigenvalue weighted by Crippen LogP contribution is 2.40. The first-order valence-electron chi connectivity index (χ1n) is 12.8. The Hall–Kier alpha value is -3.14. The SMILES string of the molecule is COc1cc(N2CCN(C3CC3)CC2)c(Cl)cc1Nc1nccc(-c2cnc3c(c2)C(C)(CO)CN3)n1. The third-order valence-electron chi connectivity index (χ3n) is 7.72. The van der Waals surface area contributed by atoms with Crippen molar-refractivity contribution in [1.82, 2.24) is 19.9 Å². The van der Waals surface area contributed by atoms with Gasteiger partial charge < -0.3 is 25.4 Å². The molecule has 0 amide bonds. The number of methoxy groups -OCH3 is 1. The molecule has 37 heavy (non-hydrogen) atoms. The van der Waals surface area contributed by atoms with Gasteiger partial charge in [0.15, 0.2) is 0 Å². The number of nitrogens with zero attached hydrogens (tertiary/aromatic N) is 5. The van der Waals surface area contributed by atoms with Crippen LogP contribution in [0.5, 0.6) is 5.75 Å². The first-order valence-corrected chi connectivity index (χ1v) is 13.2. The molecule has 6 rings (SSSR count). The quantitative estimate of drug-likeness (QED) is 0.427. The standard InChI is InChI=1S/C27H32ClN7O2/c1-27(16-36)15-31-25-19(27)11-17(14-30-25)21-5-6-29-26(32-21)33-22-12-20(28)23(13-24(22)37-2)35-9-7-34(8-10-35)18-3-4-18/h5-6,11-14,18,36H,3-4,7-10,15-16H2,1-2H3,(H,30,31)(H,29,32,33). The molecule has 1 unspecified atom stereocenters. The zero-order valence-corrected chi connectivity index (χ0v) is 21.9. The Morgan fingerprint density at radius 1 is 1.19 bits per heavy atom. The molecule has 0 bridgehead atoms. The average Bonchev–Trinajstić information content (AvgIpc) is 3.73. The second-order valence-electron chi connectivity index (χ2n) is 10.3. The number of ether oxygens (including phenoxy) is 1. The number of aliphatic hydroxyl groups is 1. The largest absolute Gasteiger partial charge is 0.494 e. The number of hydrogen-bond donors (Lipinski definition) is 3. The molecule has 1 aromatic carbocycles. The van der Waals surface area contributed by atoms with E-state index < -0.39 is 0 Å². The lowest BCUT2D eigenvalue weighted by molar-refractivity contribution is 0.218. The van der Waals surface area contributed by atoms with E-state index in [1.54, 1.807) is 19.5 Å². The molecule has 1 saturated carbocycles. The van der Waals surface area contributed by atoms with Crippen molar-refractivity contribution in [2.24, 2.45) is 0 Å². The Morgan fingerprint density at radius 2 is 2.00 bits per heavy atom. The van der Waals surface area contributed by atoms with Crippen molar-refractivity contribution in [3.63, 3.8) is 0 Å². The number of anilines is 4. The van der Waals surface area contributed by atoms with E-state index in [-0.39, 0.29) is 12.0 Å². The van der Waals surface area contributed by atoms with Gasteiger partial charge in [-0.3, -0.25) is 4.90 Å². The van der Waals surface area contributed by atoms with Crippen LogP contribution in [0.2, 0.25) is 5.02 Å². The molecule has 3 N–H and O–H groups in total. The zero-order chi connectivity index (χ0) is 25.6. The number of halogens is 1. The fourth-order valence-corrected chi connectivity index (χ4v) is 5.52. The van der Waals surface area contributed by atoms with Gasteiger partial charge in [-0.2, -0.15) is 0 Å². The molecule has 1 aliphatic carbocycles. The summed E-state index contributed by atoms with van der Waals surface area (Å²) in [5, 5.41) is 17.1. The molecule has 2 fully saturated rings. The fraction of sp³-hybridized carbons (Fsp3) is 0.444. The van der Waals surface area contributed by atoms with E-state index in [1.165, 1.54) is 12.8 Å². The van der Waals surface area contributed by atoms with E-state index in [1.807, 2.05) is 31.2 Å². The normalized spacial score (nSPS) is 21.5. The van der Waals surface area contributed by atoms with Gasteiger partial charge in [0.1, 0.15) is 11.6 Å². The molecule has 10 heteroatoms. The molecule has 1 saturated heterocycles. The Morgan fingerprint density at radius 3 is 2.73 bits per heavy atom. The molecule has 3 aliphatic rings. The van der Waals surface area contributed by atoms with Gasteiger partial charge in [0.2, 0.25) is 5.95 Å². The summed E-state index contributed by atoms with van der Waals surface area (Å²) < 4.78 is 5.72. The van der Waals surface area contributed by atoms with Crippen LogP contribution in [0.25, 0.3) is 11.3 Å². The molecule has 194 valence electrons. The maximum Gasteiger partial charge on any atom is 0.227 e. The maximum absolute atomic E-state index is 9.92. The van der Waals surface area contributed by atoms with Crippen LogP contribution >= 0.6 is 11.6 Å². The van der Waals surface area contributed by atoms with Crippen LogP contribution in [0.4, 0.5) is 23.1 Å². The highest BCUT2D eigenvalue weighted by atomic mass is 35.5. The monoisotopic (exact) mass is 521 g/mol. The number of benzene rings is 1. The van der Waals surface area contributed by atoms with Crippen molar-refractivity contribution < 1.29 is 9.84 Å². The molecule has 4 heterocycles. The highest BCUT2D eigenvalue weighted by molar-refractivity contribution is 6.33. The Kier molecular flexibility index (Phi) is 6.30. The third-order valence-corrected chi connectivity index (χ3v) is 8.02. The minimum absolute atomic E-state index is 0.0431. The van der Waals surface area contributed by atoms with Gasteiger partial charge in [-0.05, 0) is 31.0 Å². The second-order valence-corrected chi connectivity index (χ2v) is 10.7. The molecule has 2 aromatic heterocycles. The van der Waals surface area contributed by atoms with Crippen molar-refractivity contribution in [3.05, 3.63) is 47.2 Å². The van der Waals surface area contributed by atoms with E-state index in [0.717, 1.165) is 60.5 Å². The topological polar surface area (TPSA) is 98.7 Å². The van der Waals surface area contributed by atoms with Crippen LogP contribution in [0, 0.1) is 0 Å². The predicted molar refractivity (Wildman–Crippen MR) is 146 cm³/mol. The second kappa shape index (κ2) is 9.63. The summed E-state index contributed by atoms with van der Waals surface area (Å²) in [6.45, 7) is 6.76. The fourth-order valence-electron chi connectivity index (χ4n) is 5.24. The van der Waals surface area contributed by atoms with Crippen LogP contribution in [0.3, 0.4) is 0 Å². The smallest absolute Gasteiger partial charge is 0.227 e. The van der Waals surface area contributed by atoms with Crippen molar-refractivity contribution in [2.75, 3.05) is 62.0 Å². The molecule has 9 nitrogen and oxygen atoms in total. The number of aromatic nitrogens is 3. The Bertz CT molecular complexity index is 1310. The van der Waals surface area contributed by atoms with Crippen LogP contribution in [-0.2, 0) is 5.41 Å². The maximum atomic E-state index is 9.92. The molecular formula is C27H32ClN7O2. The zero-order valence-electron chi connectivity index (χ0n) is 21.2. The highest BCUT2D eigenvalue weighted by Gasteiger charge is 2.35. The minimum atomic E-state index is -0.372. The summed E-state index contributed by atoms with van der Waals surface area (Å²) in [5.41, 5.74) is 3.90. The van der Waals surface area contributed by atoms with E-state index in [4.69, 9.17) is 21.3 Å².